The number of hydrogen-bond donors (Lipinski definition) is 1. The van der Waals surface area contributed by atoms with E-state index in [1.54, 1.807) is 0 Å². The lowest BCUT2D eigenvalue weighted by molar-refractivity contribution is 0.665. The maximum Gasteiger partial charge on any atom is 0.118 e. The molecule has 0 aliphatic heterocycles. The van der Waals surface area contributed by atoms with Crippen molar-refractivity contribution in [2.75, 3.05) is 12.4 Å². The minimum atomic E-state index is 0.644. The molecule has 0 unspecified atom stereocenters. The molecule has 1 saturated carbocycles. The van der Waals surface area contributed by atoms with E-state index in [2.05, 4.69) is 34.8 Å². The molecule has 0 radical (unpaired) electrons. The van der Waals surface area contributed by atoms with E-state index in [9.17, 15) is 0 Å². The van der Waals surface area contributed by atoms with Crippen LogP contribution in [0.4, 0.5) is 5.82 Å². The second-order valence-electron chi connectivity index (χ2n) is 4.92. The number of rotatable bonds is 2. The van der Waals surface area contributed by atoms with Crippen molar-refractivity contribution in [3.05, 3.63) is 29.7 Å². The van der Waals surface area contributed by atoms with Crippen molar-refractivity contribution in [1.82, 2.24) is 9.38 Å². The zero-order valence-electron chi connectivity index (χ0n) is 10.5. The van der Waals surface area contributed by atoms with E-state index >= 15 is 0 Å². The molecule has 1 aliphatic carbocycles. The van der Waals surface area contributed by atoms with Crippen LogP contribution in [-0.2, 0) is 0 Å². The number of aryl methyl sites for hydroxylation is 1. The third kappa shape index (κ3) is 1.61. The Labute approximate surface area is 102 Å². The van der Waals surface area contributed by atoms with Crippen LogP contribution < -0.4 is 5.32 Å². The summed E-state index contributed by atoms with van der Waals surface area (Å²) in [6.07, 6.45) is 5.27. The van der Waals surface area contributed by atoms with Crippen molar-refractivity contribution in [3.63, 3.8) is 0 Å². The molecule has 0 saturated heterocycles. The smallest absolute Gasteiger partial charge is 0.118 e. The predicted molar refractivity (Wildman–Crippen MR) is 70.7 cm³/mol. The lowest BCUT2D eigenvalue weighted by atomic mass is 10.1. The molecule has 2 heterocycles. The van der Waals surface area contributed by atoms with Gasteiger partial charge in [0.05, 0.1) is 11.2 Å². The molecule has 17 heavy (non-hydrogen) atoms. The summed E-state index contributed by atoms with van der Waals surface area (Å²) in [5.41, 5.74) is 2.38. The highest BCUT2D eigenvalue weighted by molar-refractivity contribution is 5.59. The molecule has 1 N–H and O–H groups in total. The third-order valence-electron chi connectivity index (χ3n) is 3.85. The van der Waals surface area contributed by atoms with Crippen LogP contribution in [0.1, 0.15) is 43.1 Å². The first kappa shape index (κ1) is 10.6. The minimum absolute atomic E-state index is 0.644. The Hall–Kier alpha value is -1.51. The summed E-state index contributed by atoms with van der Waals surface area (Å²) in [4.78, 5) is 4.80. The van der Waals surface area contributed by atoms with Crippen LogP contribution in [0.15, 0.2) is 18.2 Å². The van der Waals surface area contributed by atoms with Crippen molar-refractivity contribution >= 4 is 11.3 Å². The van der Waals surface area contributed by atoms with Gasteiger partial charge in [-0.05, 0) is 31.9 Å². The number of imidazole rings is 1. The van der Waals surface area contributed by atoms with Gasteiger partial charge in [0.15, 0.2) is 0 Å². The summed E-state index contributed by atoms with van der Waals surface area (Å²) in [6.45, 7) is 2.10. The lowest BCUT2D eigenvalue weighted by Gasteiger charge is -2.11. The van der Waals surface area contributed by atoms with Crippen LogP contribution in [0.25, 0.3) is 5.52 Å². The Balaban J connectivity index is 2.23. The number of nitrogens with one attached hydrogen (secondary N) is 1. The van der Waals surface area contributed by atoms with E-state index in [1.807, 2.05) is 7.05 Å². The predicted octanol–water partition coefficient (Wildman–Crippen LogP) is 3.34. The maximum absolute atomic E-state index is 4.80. The number of anilines is 1. The van der Waals surface area contributed by atoms with Gasteiger partial charge in [0.2, 0.25) is 0 Å². The van der Waals surface area contributed by atoms with E-state index in [4.69, 9.17) is 4.98 Å². The van der Waals surface area contributed by atoms with Crippen LogP contribution in [0.5, 0.6) is 0 Å². The van der Waals surface area contributed by atoms with Gasteiger partial charge in [0.25, 0.3) is 0 Å². The topological polar surface area (TPSA) is 29.3 Å². The monoisotopic (exact) mass is 229 g/mol. The van der Waals surface area contributed by atoms with Crippen molar-refractivity contribution in [1.29, 1.82) is 0 Å². The first-order chi connectivity index (χ1) is 8.31. The molecule has 90 valence electrons. The molecule has 3 nitrogen and oxygen atoms in total. The van der Waals surface area contributed by atoms with Gasteiger partial charge < -0.3 is 5.32 Å². The fourth-order valence-electron chi connectivity index (χ4n) is 2.97. The Morgan fingerprint density at radius 3 is 2.76 bits per heavy atom. The zero-order valence-corrected chi connectivity index (χ0v) is 10.5. The molecule has 0 spiro atoms. The number of nitrogens with zero attached hydrogens (tertiary/aromatic N) is 2. The standard InChI is InChI=1S/C14H19N3/c1-10-12-8-5-9-13(15-2)17(12)14(16-10)11-6-3-4-7-11/h5,8-9,11,15H,3-4,6-7H2,1-2H3. The van der Waals surface area contributed by atoms with Crippen LogP contribution in [0.2, 0.25) is 0 Å². The van der Waals surface area contributed by atoms with E-state index < -0.39 is 0 Å². The van der Waals surface area contributed by atoms with Gasteiger partial charge in [-0.15, -0.1) is 0 Å². The molecule has 3 heteroatoms. The highest BCUT2D eigenvalue weighted by Crippen LogP contribution is 2.35. The van der Waals surface area contributed by atoms with Crippen molar-refractivity contribution < 1.29 is 0 Å². The Bertz CT molecular complexity index is 536. The molecular weight excluding hydrogens is 210 g/mol. The van der Waals surface area contributed by atoms with Crippen LogP contribution >= 0.6 is 0 Å². The SMILES string of the molecule is CNc1cccc2c(C)nc(C3CCCC3)n12. The van der Waals surface area contributed by atoms with Crippen LogP contribution in [-0.4, -0.2) is 16.4 Å². The molecule has 3 rings (SSSR count). The fourth-order valence-corrected chi connectivity index (χ4v) is 2.97. The van der Waals surface area contributed by atoms with E-state index in [-0.39, 0.29) is 0 Å². The minimum Gasteiger partial charge on any atom is -0.374 e. The van der Waals surface area contributed by atoms with E-state index in [1.165, 1.54) is 37.0 Å². The van der Waals surface area contributed by atoms with Crippen LogP contribution in [0, 0.1) is 6.92 Å². The normalized spacial score (nSPS) is 16.8. The molecule has 1 aliphatic rings. The molecule has 0 bridgehead atoms. The molecule has 0 amide bonds. The summed E-state index contributed by atoms with van der Waals surface area (Å²) in [6, 6.07) is 6.36. The summed E-state index contributed by atoms with van der Waals surface area (Å²) < 4.78 is 2.30. The van der Waals surface area contributed by atoms with Crippen LogP contribution in [0.3, 0.4) is 0 Å². The number of pyridine rings is 1. The second-order valence-corrected chi connectivity index (χ2v) is 4.92. The Morgan fingerprint density at radius 2 is 2.06 bits per heavy atom. The number of hydrogen-bond acceptors (Lipinski definition) is 2. The largest absolute Gasteiger partial charge is 0.374 e. The third-order valence-corrected chi connectivity index (χ3v) is 3.85. The van der Waals surface area contributed by atoms with Crippen molar-refractivity contribution in [2.24, 2.45) is 0 Å². The van der Waals surface area contributed by atoms with Gasteiger partial charge in [-0.2, -0.15) is 0 Å². The van der Waals surface area contributed by atoms with Crippen molar-refractivity contribution in [2.45, 2.75) is 38.5 Å². The van der Waals surface area contributed by atoms with Gasteiger partial charge in [-0.25, -0.2) is 4.98 Å². The van der Waals surface area contributed by atoms with Gasteiger partial charge in [0, 0.05) is 13.0 Å². The van der Waals surface area contributed by atoms with Gasteiger partial charge in [0.1, 0.15) is 11.6 Å². The summed E-state index contributed by atoms with van der Waals surface area (Å²) in [5.74, 6) is 3.04. The zero-order chi connectivity index (χ0) is 11.8. The molecule has 2 aromatic heterocycles. The fraction of sp³-hybridized carbons (Fsp3) is 0.500. The molecule has 2 aromatic rings. The average Bonchev–Trinajstić information content (AvgIpc) is 2.97. The number of fused-ring (bicyclic) bond motifs is 1. The van der Waals surface area contributed by atoms with Crippen molar-refractivity contribution in [3.8, 4) is 0 Å². The first-order valence-electron chi connectivity index (χ1n) is 6.47. The quantitative estimate of drug-likeness (QED) is 0.855. The molecule has 0 aromatic carbocycles. The highest BCUT2D eigenvalue weighted by atomic mass is 15.1. The summed E-state index contributed by atoms with van der Waals surface area (Å²) >= 11 is 0. The Kier molecular flexibility index (Phi) is 2.54. The molecule has 1 fully saturated rings. The number of aromatic nitrogens is 2. The lowest BCUT2D eigenvalue weighted by Crippen LogP contribution is -2.04. The average molecular weight is 229 g/mol. The van der Waals surface area contributed by atoms with Gasteiger partial charge in [-0.1, -0.05) is 18.9 Å². The first-order valence-corrected chi connectivity index (χ1v) is 6.47. The molecular formula is C14H19N3. The van der Waals surface area contributed by atoms with E-state index in [0.29, 0.717) is 5.92 Å². The molecule has 0 atom stereocenters. The van der Waals surface area contributed by atoms with Gasteiger partial charge >= 0.3 is 0 Å². The maximum atomic E-state index is 4.80. The second kappa shape index (κ2) is 4.06. The Morgan fingerprint density at radius 1 is 1.29 bits per heavy atom. The van der Waals surface area contributed by atoms with E-state index in [0.717, 1.165) is 11.5 Å². The summed E-state index contributed by atoms with van der Waals surface area (Å²) in [5, 5.41) is 3.27. The summed E-state index contributed by atoms with van der Waals surface area (Å²) in [7, 11) is 1.97. The van der Waals surface area contributed by atoms with Gasteiger partial charge in [-0.3, -0.25) is 4.40 Å². The highest BCUT2D eigenvalue weighted by Gasteiger charge is 2.23.